The minimum Gasteiger partial charge on any atom is -0.508 e. The quantitative estimate of drug-likeness (QED) is 0.0142. The van der Waals surface area contributed by atoms with Crippen molar-refractivity contribution >= 4 is 167 Å². The van der Waals surface area contributed by atoms with Crippen molar-refractivity contribution in [2.75, 3.05) is 63.9 Å². The minimum atomic E-state index is -1.71. The second kappa shape index (κ2) is 59.1. The summed E-state index contributed by atoms with van der Waals surface area (Å²) in [5, 5.41) is 86.6. The van der Waals surface area contributed by atoms with E-state index in [1.165, 1.54) is 84.9 Å². The first kappa shape index (κ1) is 120. The molecule has 0 saturated heterocycles. The normalized spacial score (nSPS) is 14.9. The van der Waals surface area contributed by atoms with Gasteiger partial charge in [0.25, 0.3) is 5.91 Å². The van der Waals surface area contributed by atoms with E-state index in [1.54, 1.807) is 18.2 Å². The van der Waals surface area contributed by atoms with Crippen LogP contribution in [-0.2, 0) is 116 Å². The number of phenols is 2. The molecule has 796 valence electrons. The Kier molecular flexibility index (Phi) is 49.1. The predicted octanol–water partition coefficient (Wildman–Crippen LogP) is -9.25. The fraction of sp³-hybridized carbons (Fsp3) is 0.528. The number of aromatic hydroxyl groups is 2. The molecule has 5 rings (SSSR count). The third-order valence-corrected chi connectivity index (χ3v) is 23.0. The van der Waals surface area contributed by atoms with Crippen LogP contribution in [0.4, 0.5) is 0 Å². The third-order valence-electron chi connectivity index (χ3n) is 22.3. The first-order valence-corrected chi connectivity index (χ1v) is 47.4. The summed E-state index contributed by atoms with van der Waals surface area (Å²) in [5.74, 6) is -23.6. The lowest BCUT2D eigenvalue weighted by molar-refractivity contribution is -0.139. The summed E-state index contributed by atoms with van der Waals surface area (Å²) in [4.78, 5) is 313. The van der Waals surface area contributed by atoms with Gasteiger partial charge in [-0.3, -0.25) is 110 Å². The number of aliphatic carboxylic acids is 2. The number of benzene rings is 3. The van der Waals surface area contributed by atoms with E-state index in [2.05, 4.69) is 132 Å². The van der Waals surface area contributed by atoms with Gasteiger partial charge in [0.1, 0.15) is 114 Å². The highest BCUT2D eigenvalue weighted by Crippen LogP contribution is 2.57. The highest BCUT2D eigenvalue weighted by molar-refractivity contribution is 7.80. The van der Waals surface area contributed by atoms with Gasteiger partial charge in [-0.25, -0.2) is 4.79 Å². The summed E-state index contributed by atoms with van der Waals surface area (Å²) >= 11 is 8.30. The van der Waals surface area contributed by atoms with E-state index in [1.807, 2.05) is 0 Å². The van der Waals surface area contributed by atoms with E-state index in [4.69, 9.17) is 32.4 Å². The molecule has 2 heterocycles. The Balaban J connectivity index is 1.02. The number of carbonyl (C=O) groups excluding carboxylic acids is 22. The molecule has 3 aromatic rings. The smallest absolute Gasteiger partial charge is 0.340 e. The number of nitrogens with one attached hydrogen (secondary N) is 20. The van der Waals surface area contributed by atoms with E-state index in [0.717, 1.165) is 6.92 Å². The fourth-order valence-corrected chi connectivity index (χ4v) is 14.5. The summed E-state index contributed by atoms with van der Waals surface area (Å²) < 4.78 is 12.0. The number of carbonyl (C=O) groups is 24. The maximum absolute atomic E-state index is 14.0. The van der Waals surface area contributed by atoms with Crippen LogP contribution >= 0.6 is 25.3 Å². The molecule has 2 aliphatic heterocycles. The number of phenolic OH excluding ortho intramolecular Hbond substituents is 2. The van der Waals surface area contributed by atoms with E-state index < -0.39 is 308 Å². The Morgan fingerprint density at radius 2 is 0.655 bits per heavy atom. The molecule has 1 spiro atoms. The van der Waals surface area contributed by atoms with Crippen LogP contribution in [0.1, 0.15) is 176 Å². The second-order valence-corrected chi connectivity index (χ2v) is 34.6. The summed E-state index contributed by atoms with van der Waals surface area (Å²) in [6.45, 7) is 6.95. The van der Waals surface area contributed by atoms with Crippen molar-refractivity contribution in [3.05, 3.63) is 82.4 Å². The number of ether oxygens (including phenoxy) is 2. The van der Waals surface area contributed by atoms with E-state index in [-0.39, 0.29) is 92.3 Å². The van der Waals surface area contributed by atoms with Gasteiger partial charge in [-0.15, -0.1) is 0 Å². The number of carboxylic acids is 2. The topological polar surface area (TPSA) is 854 Å². The van der Waals surface area contributed by atoms with Crippen LogP contribution in [0.25, 0.3) is 0 Å². The lowest BCUT2D eigenvalue weighted by Crippen LogP contribution is -2.60. The van der Waals surface area contributed by atoms with Gasteiger partial charge >= 0.3 is 17.9 Å². The molecule has 21 amide bonds. The van der Waals surface area contributed by atoms with Gasteiger partial charge in [0.05, 0.1) is 38.3 Å². The van der Waals surface area contributed by atoms with E-state index >= 15 is 0 Å². The molecule has 56 heteroatoms. The molecule has 145 heavy (non-hydrogen) atoms. The summed E-state index contributed by atoms with van der Waals surface area (Å²) in [6.07, 6.45) is -0.982. The lowest BCUT2D eigenvalue weighted by atomic mass is 9.77. The van der Waals surface area contributed by atoms with Crippen molar-refractivity contribution in [1.82, 2.24) is 106 Å². The average molecular weight is 2080 g/mol. The molecule has 0 aliphatic carbocycles. The number of rotatable bonds is 61. The number of hydrogen-bond donors (Lipinski definition) is 30. The number of hydrogen-bond acceptors (Lipinski definition) is 33. The Morgan fingerprint density at radius 3 is 1.05 bits per heavy atom. The molecule has 3 aromatic carbocycles. The molecule has 54 nitrogen and oxygen atoms in total. The van der Waals surface area contributed by atoms with Gasteiger partial charge in [0.15, 0.2) is 5.60 Å². The van der Waals surface area contributed by atoms with Crippen molar-refractivity contribution in [2.45, 2.75) is 235 Å². The van der Waals surface area contributed by atoms with Gasteiger partial charge in [-0.2, -0.15) is 25.3 Å². The standard InChI is InChI=1S/C89H128N24O30S2/c1-41(73(126)98-37-68(119)96-35-66(117)95-36-67(118)97-38-69(120)107-56(72(93)125)15-11-14-30-94-81(134)49-18-21-53-52(31-49)88(141)143-89(53)54-22-19-50(114)32-63(54)142-64-33-51(115)20-23-55(64)89)100-75(128)43(3)104-82(135)57(16-9-12-28-90)110-87(140)62(40-145)112-80(133)48(8)103-76(129)44(4)105-83(136)59(24-26-70(121)122)111-84(137)58(17-10-13-29-91)108-78(131)46(6)102-77(130)45(5)106-86(139)61(39-144)113-85(138)60(25-27-71(123)124)109-79(132)47(7)101-74(127)42(2)99-65(116)34-92/h18-23,31-33,41-48,56-62,114-115,144-145H,9-17,24-30,34-40,90-92H2,1-8H3,(H2,93,125)(H,94,134)(H,95,117)(H,96,119)(H,97,118)(H,98,126)(H,99,116)(H,100,128)(H,101,127)(H,102,130)(H,103,129)(H,104,135)(H,105,136)(H,106,139)(H,107,120)(H,108,131)(H,109,132)(H,110,140)(H,111,137)(H,112,133)(H,113,138)(H,121,122)(H,123,124)/t41-,42-,43-,44-,45-,46-,47-,48-,56-,57-,58-,59-,60-,61-,62-/m0/s1. The summed E-state index contributed by atoms with van der Waals surface area (Å²) in [7, 11) is 0. The Bertz CT molecular complexity index is 5220. The van der Waals surface area contributed by atoms with Crippen LogP contribution in [0, 0.1) is 0 Å². The number of nitrogens with two attached hydrogens (primary N) is 4. The van der Waals surface area contributed by atoms with Gasteiger partial charge < -0.3 is 159 Å². The number of unbranched alkanes of at least 4 members (excludes halogenated alkanes) is 3. The largest absolute Gasteiger partial charge is 0.508 e. The third kappa shape index (κ3) is 38.3. The summed E-state index contributed by atoms with van der Waals surface area (Å²) in [5.41, 5.74) is 22.0. The fourth-order valence-electron chi connectivity index (χ4n) is 14.0. The first-order chi connectivity index (χ1) is 68.4. The zero-order valence-electron chi connectivity index (χ0n) is 80.7. The molecular formula is C89H128N24O30S2. The monoisotopic (exact) mass is 2080 g/mol. The predicted molar refractivity (Wildman–Crippen MR) is 516 cm³/mol. The van der Waals surface area contributed by atoms with Gasteiger partial charge in [-0.05, 0) is 176 Å². The van der Waals surface area contributed by atoms with Crippen LogP contribution in [-0.4, -0.2) is 317 Å². The van der Waals surface area contributed by atoms with E-state index in [9.17, 15) is 135 Å². The SMILES string of the molecule is C[C@H](NC(=O)CN)C(=O)N[C@@H](C)C(=O)N[C@@H](CCC(=O)O)C(=O)N[C@@H](CS)C(=O)N[C@@H](C)C(=O)N[C@@H](C)C(=O)N[C@@H](CCCCN)C(=O)N[C@@H](CCC(=O)O)C(=O)N[C@@H](C)C(=O)N[C@@H](C)C(=O)N[C@@H](CS)C(=O)N[C@@H](CCCCN)C(=O)N[C@@H](C)C(=O)N[C@@H](C)C(=O)NCC(=O)NCC(=O)NCC(=O)NCC(=O)N[C@@H](CCCCNC(=O)c1ccc2c(c1)C(=O)OC21c2ccc(O)cc2Oc2cc(O)ccc21)C(N)=O. The van der Waals surface area contributed by atoms with Crippen LogP contribution in [0.2, 0.25) is 0 Å². The Morgan fingerprint density at radius 1 is 0.338 bits per heavy atom. The second-order valence-electron chi connectivity index (χ2n) is 33.9. The molecule has 0 radical (unpaired) electrons. The molecular weight excluding hydrogens is 1950 g/mol. The Labute approximate surface area is 841 Å². The van der Waals surface area contributed by atoms with Gasteiger partial charge in [0, 0.05) is 65.3 Å². The minimum absolute atomic E-state index is 0.0247. The average Bonchev–Trinajstić information content (AvgIpc) is 1.56. The highest BCUT2D eigenvalue weighted by atomic mass is 32.1. The molecule has 0 unspecified atom stereocenters. The number of carboxylic acid groups (broad SMARTS) is 2. The maximum Gasteiger partial charge on any atom is 0.340 e. The molecule has 0 fully saturated rings. The van der Waals surface area contributed by atoms with Crippen LogP contribution in [0.15, 0.2) is 54.6 Å². The van der Waals surface area contributed by atoms with Gasteiger partial charge in [-0.1, -0.05) is 6.07 Å². The number of fused-ring (bicyclic) bond motifs is 6. The highest BCUT2D eigenvalue weighted by Gasteiger charge is 2.54. The molecule has 32 N–H and O–H groups in total. The van der Waals surface area contributed by atoms with Crippen LogP contribution in [0.3, 0.4) is 0 Å². The van der Waals surface area contributed by atoms with Crippen molar-refractivity contribution in [3.63, 3.8) is 0 Å². The molecule has 15 atom stereocenters. The van der Waals surface area contributed by atoms with Crippen LogP contribution < -0.4 is 134 Å². The lowest BCUT2D eigenvalue weighted by Gasteiger charge is -2.36. The zero-order chi connectivity index (χ0) is 108. The van der Waals surface area contributed by atoms with Crippen molar-refractivity contribution < 1.29 is 145 Å². The number of thiol groups is 2. The van der Waals surface area contributed by atoms with Crippen molar-refractivity contribution in [3.8, 4) is 23.0 Å². The number of esters is 1. The van der Waals surface area contributed by atoms with Crippen molar-refractivity contribution in [2.24, 2.45) is 22.9 Å². The molecule has 0 saturated carbocycles. The van der Waals surface area contributed by atoms with E-state index in [0.29, 0.717) is 36.0 Å². The number of amides is 21. The maximum atomic E-state index is 14.0. The molecule has 0 bridgehead atoms. The van der Waals surface area contributed by atoms with Crippen LogP contribution in [0.5, 0.6) is 23.0 Å². The molecule has 0 aromatic heterocycles. The van der Waals surface area contributed by atoms with Gasteiger partial charge in [0.2, 0.25) is 118 Å². The molecule has 2 aliphatic rings. The Hall–Kier alpha value is -15.1. The van der Waals surface area contributed by atoms with Crippen molar-refractivity contribution in [1.29, 1.82) is 0 Å². The first-order valence-electron chi connectivity index (χ1n) is 46.1. The zero-order valence-corrected chi connectivity index (χ0v) is 82.5. The summed E-state index contributed by atoms with van der Waals surface area (Å²) in [6, 6.07) is -8.62. The number of primary amides is 1.